The summed E-state index contributed by atoms with van der Waals surface area (Å²) in [5.41, 5.74) is 0.804. The smallest absolute Gasteiger partial charge is 0.148 e. The Morgan fingerprint density at radius 2 is 2.00 bits per heavy atom. The molecule has 0 saturated heterocycles. The average molecular weight is 410 g/mol. The molecule has 0 aliphatic rings. The van der Waals surface area contributed by atoms with Crippen LogP contribution >= 0.6 is 15.9 Å². The number of rotatable bonds is 9. The first-order valence-corrected chi connectivity index (χ1v) is 9.05. The predicted molar refractivity (Wildman–Crippen MR) is 98.4 cm³/mol. The Labute approximate surface area is 154 Å². The third kappa shape index (κ3) is 4.41. The molecule has 0 unspecified atom stereocenters. The first kappa shape index (κ1) is 17.9. The Balaban J connectivity index is 1.67. The second-order valence-electron chi connectivity index (χ2n) is 5.79. The molecule has 0 aliphatic heterocycles. The van der Waals surface area contributed by atoms with Crippen molar-refractivity contribution in [1.82, 2.24) is 14.3 Å². The van der Waals surface area contributed by atoms with Crippen LogP contribution < -0.4 is 4.74 Å². The highest BCUT2D eigenvalue weighted by Crippen LogP contribution is 2.29. The van der Waals surface area contributed by atoms with Gasteiger partial charge >= 0.3 is 0 Å². The van der Waals surface area contributed by atoms with Gasteiger partial charge in [-0.25, -0.2) is 4.39 Å². The van der Waals surface area contributed by atoms with Crippen molar-refractivity contribution in [3.8, 4) is 5.75 Å². The van der Waals surface area contributed by atoms with E-state index in [4.69, 9.17) is 9.47 Å². The lowest BCUT2D eigenvalue weighted by Crippen LogP contribution is -2.06. The van der Waals surface area contributed by atoms with E-state index in [1.165, 1.54) is 0 Å². The first-order valence-electron chi connectivity index (χ1n) is 8.26. The molecule has 1 aromatic carbocycles. The quantitative estimate of drug-likeness (QED) is 0.496. The van der Waals surface area contributed by atoms with E-state index < -0.39 is 0 Å². The second-order valence-corrected chi connectivity index (χ2v) is 6.71. The van der Waals surface area contributed by atoms with E-state index >= 15 is 0 Å². The number of aromatic nitrogens is 3. The number of methoxy groups -OCH3 is 1. The van der Waals surface area contributed by atoms with E-state index in [0.717, 1.165) is 35.9 Å². The van der Waals surface area contributed by atoms with Crippen molar-refractivity contribution in [2.45, 2.75) is 25.9 Å². The zero-order valence-electron chi connectivity index (χ0n) is 14.1. The molecule has 2 aromatic heterocycles. The Kier molecular flexibility index (Phi) is 6.09. The number of para-hydroxylation sites is 1. The monoisotopic (exact) mass is 409 g/mol. The lowest BCUT2D eigenvalue weighted by Gasteiger charge is -2.11. The van der Waals surface area contributed by atoms with E-state index in [0.29, 0.717) is 24.3 Å². The molecule has 0 aliphatic carbocycles. The van der Waals surface area contributed by atoms with Crippen LogP contribution in [0.15, 0.2) is 41.3 Å². The number of aryl methyl sites for hydroxylation is 2. The van der Waals surface area contributed by atoms with Gasteiger partial charge in [0.2, 0.25) is 0 Å². The average Bonchev–Trinajstić information content (AvgIpc) is 3.16. The molecule has 0 N–H and O–H groups in total. The van der Waals surface area contributed by atoms with Crippen LogP contribution in [-0.4, -0.2) is 34.7 Å². The van der Waals surface area contributed by atoms with Crippen molar-refractivity contribution in [3.63, 3.8) is 0 Å². The molecule has 0 saturated carbocycles. The third-order valence-corrected chi connectivity index (χ3v) is 4.41. The Morgan fingerprint density at radius 1 is 1.16 bits per heavy atom. The van der Waals surface area contributed by atoms with Gasteiger partial charge in [-0.05, 0) is 40.9 Å². The van der Waals surface area contributed by atoms with Gasteiger partial charge in [0.1, 0.15) is 18.2 Å². The van der Waals surface area contributed by atoms with E-state index in [1.807, 2.05) is 27.6 Å². The Morgan fingerprint density at radius 3 is 2.76 bits per heavy atom. The minimum absolute atomic E-state index is 0.219. The summed E-state index contributed by atoms with van der Waals surface area (Å²) in [5.74, 6) is 0.470. The summed E-state index contributed by atoms with van der Waals surface area (Å²) >= 11 is 3.39. The van der Waals surface area contributed by atoms with Gasteiger partial charge in [0, 0.05) is 38.0 Å². The Bertz CT molecular complexity index is 831. The summed E-state index contributed by atoms with van der Waals surface area (Å²) in [5, 5.41) is 4.83. The molecule has 2 heterocycles. The maximum atomic E-state index is 14.2. The molecule has 25 heavy (non-hydrogen) atoms. The van der Waals surface area contributed by atoms with Crippen LogP contribution in [0.25, 0.3) is 10.9 Å². The first-order chi connectivity index (χ1) is 12.2. The third-order valence-electron chi connectivity index (χ3n) is 4.00. The fourth-order valence-corrected chi connectivity index (χ4v) is 3.15. The summed E-state index contributed by atoms with van der Waals surface area (Å²) in [7, 11) is 1.63. The van der Waals surface area contributed by atoms with Gasteiger partial charge in [-0.3, -0.25) is 4.68 Å². The number of hydrogen-bond donors (Lipinski definition) is 0. The van der Waals surface area contributed by atoms with E-state index in [-0.39, 0.29) is 5.82 Å². The van der Waals surface area contributed by atoms with Gasteiger partial charge < -0.3 is 14.0 Å². The fraction of sp³-hybridized carbons (Fsp3) is 0.389. The van der Waals surface area contributed by atoms with Gasteiger partial charge in [-0.15, -0.1) is 0 Å². The van der Waals surface area contributed by atoms with Gasteiger partial charge in [-0.2, -0.15) is 5.10 Å². The van der Waals surface area contributed by atoms with Crippen LogP contribution in [0.5, 0.6) is 5.75 Å². The zero-order valence-corrected chi connectivity index (χ0v) is 15.7. The maximum Gasteiger partial charge on any atom is 0.148 e. The van der Waals surface area contributed by atoms with Crippen LogP contribution in [0.1, 0.15) is 12.8 Å². The summed E-state index contributed by atoms with van der Waals surface area (Å²) in [4.78, 5) is 0. The number of benzene rings is 1. The van der Waals surface area contributed by atoms with Crippen molar-refractivity contribution in [3.05, 3.63) is 47.1 Å². The van der Waals surface area contributed by atoms with E-state index in [1.54, 1.807) is 25.6 Å². The van der Waals surface area contributed by atoms with E-state index in [2.05, 4.69) is 21.0 Å². The van der Waals surface area contributed by atoms with Crippen molar-refractivity contribution in [2.24, 2.45) is 0 Å². The lowest BCUT2D eigenvalue weighted by atomic mass is 10.2. The standard InChI is InChI=1S/C18H21BrFN3O2/c1-24-9-10-25-17-6-4-5-15-16(20)13-22(18(15)17)7-2-3-8-23-12-14(19)11-21-23/h4-6,11-13H,2-3,7-10H2,1H3. The number of unbranched alkanes of at least 4 members (excludes halogenated alkanes) is 1. The van der Waals surface area contributed by atoms with Crippen LogP contribution in [0, 0.1) is 5.82 Å². The highest BCUT2D eigenvalue weighted by molar-refractivity contribution is 9.10. The van der Waals surface area contributed by atoms with E-state index in [9.17, 15) is 4.39 Å². The molecule has 0 radical (unpaired) electrons. The van der Waals surface area contributed by atoms with Gasteiger partial charge in [0.05, 0.1) is 22.8 Å². The van der Waals surface area contributed by atoms with Crippen LogP contribution in [0.4, 0.5) is 4.39 Å². The largest absolute Gasteiger partial charge is 0.489 e. The van der Waals surface area contributed by atoms with Crippen molar-refractivity contribution in [2.75, 3.05) is 20.3 Å². The highest BCUT2D eigenvalue weighted by atomic mass is 79.9. The lowest BCUT2D eigenvalue weighted by molar-refractivity contribution is 0.147. The summed E-state index contributed by atoms with van der Waals surface area (Å²) in [6.07, 6.45) is 7.17. The predicted octanol–water partition coefficient (Wildman–Crippen LogP) is 4.25. The van der Waals surface area contributed by atoms with Gasteiger partial charge in [0.15, 0.2) is 0 Å². The maximum absolute atomic E-state index is 14.2. The second kappa shape index (κ2) is 8.49. The fourth-order valence-electron chi connectivity index (χ4n) is 2.83. The summed E-state index contributed by atoms with van der Waals surface area (Å²) in [6, 6.07) is 5.47. The molecule has 0 atom stereocenters. The van der Waals surface area contributed by atoms with Crippen molar-refractivity contribution < 1.29 is 13.9 Å². The minimum atomic E-state index is -0.219. The Hall–Kier alpha value is -1.86. The normalized spacial score (nSPS) is 11.3. The van der Waals surface area contributed by atoms with Gasteiger partial charge in [-0.1, -0.05) is 6.07 Å². The molecule has 7 heteroatoms. The molecule has 5 nitrogen and oxygen atoms in total. The summed E-state index contributed by atoms with van der Waals surface area (Å²) < 4.78 is 29.8. The highest BCUT2D eigenvalue weighted by Gasteiger charge is 2.13. The van der Waals surface area contributed by atoms with Crippen molar-refractivity contribution in [1.29, 1.82) is 0 Å². The number of ether oxygens (including phenoxy) is 2. The molecule has 0 fully saturated rings. The molecule has 0 spiro atoms. The van der Waals surface area contributed by atoms with Crippen LogP contribution in [0.2, 0.25) is 0 Å². The number of nitrogens with zero attached hydrogens (tertiary/aromatic N) is 3. The molecular weight excluding hydrogens is 389 g/mol. The number of fused-ring (bicyclic) bond motifs is 1. The molecule has 0 bridgehead atoms. The molecular formula is C18H21BrFN3O2. The molecule has 3 aromatic rings. The zero-order chi connectivity index (χ0) is 17.6. The molecule has 3 rings (SSSR count). The van der Waals surface area contributed by atoms with Crippen LogP contribution in [-0.2, 0) is 17.8 Å². The number of hydrogen-bond acceptors (Lipinski definition) is 3. The minimum Gasteiger partial charge on any atom is -0.489 e. The van der Waals surface area contributed by atoms with Crippen molar-refractivity contribution >= 4 is 26.8 Å². The topological polar surface area (TPSA) is 41.2 Å². The van der Waals surface area contributed by atoms with Gasteiger partial charge in [0.25, 0.3) is 0 Å². The molecule has 134 valence electrons. The molecule has 0 amide bonds. The summed E-state index contributed by atoms with van der Waals surface area (Å²) in [6.45, 7) is 2.51. The number of halogens is 2. The SMILES string of the molecule is COCCOc1cccc2c(F)cn(CCCCn3cc(Br)cn3)c12. The van der Waals surface area contributed by atoms with Crippen LogP contribution in [0.3, 0.4) is 0 Å².